The van der Waals surface area contributed by atoms with Crippen molar-refractivity contribution in [3.8, 4) is 11.1 Å². The number of aryl methyl sites for hydroxylation is 1. The van der Waals surface area contributed by atoms with Crippen LogP contribution in [-0.4, -0.2) is 20.5 Å². The van der Waals surface area contributed by atoms with Crippen LogP contribution in [0.1, 0.15) is 71.6 Å². The van der Waals surface area contributed by atoms with Crippen LogP contribution in [0, 0.1) is 12.8 Å². The van der Waals surface area contributed by atoms with Gasteiger partial charge in [-0.05, 0) is 60.1 Å². The minimum atomic E-state index is -0.936. The Labute approximate surface area is 200 Å². The molecule has 4 aromatic rings. The van der Waals surface area contributed by atoms with Gasteiger partial charge in [0.1, 0.15) is 5.65 Å². The number of aromatic carboxylic acids is 1. The lowest BCUT2D eigenvalue weighted by Gasteiger charge is -2.23. The van der Waals surface area contributed by atoms with E-state index < -0.39 is 5.97 Å². The summed E-state index contributed by atoms with van der Waals surface area (Å²) < 4.78 is 8.60. The molecule has 2 aromatic carbocycles. The number of benzene rings is 2. The molecule has 2 heterocycles. The third kappa shape index (κ3) is 4.36. The van der Waals surface area contributed by atoms with E-state index in [1.54, 1.807) is 6.07 Å². The van der Waals surface area contributed by atoms with Crippen molar-refractivity contribution in [2.45, 2.75) is 52.2 Å². The first-order chi connectivity index (χ1) is 16.4. The molecule has 0 bridgehead atoms. The number of hydrogen-bond acceptors (Lipinski definition) is 3. The summed E-state index contributed by atoms with van der Waals surface area (Å²) in [6, 6.07) is 19.5. The summed E-state index contributed by atoms with van der Waals surface area (Å²) in [6.45, 7) is 6.71. The minimum absolute atomic E-state index is 0.176. The molecule has 5 rings (SSSR count). The SMILES string of the molecule is Cc1ccc(COC(c2ccc(-c3ccccc3)c(C(=O)O)c2)C(C)C)n2cc(C3CC3)nc12. The second-order valence-corrected chi connectivity index (χ2v) is 9.59. The second kappa shape index (κ2) is 9.07. The highest BCUT2D eigenvalue weighted by Gasteiger charge is 2.27. The Bertz CT molecular complexity index is 1340. The van der Waals surface area contributed by atoms with E-state index in [4.69, 9.17) is 9.72 Å². The Kier molecular flexibility index (Phi) is 5.96. The molecule has 1 aliphatic carbocycles. The number of pyridine rings is 1. The molecule has 1 unspecified atom stereocenters. The molecule has 2 aromatic heterocycles. The maximum atomic E-state index is 12.1. The molecule has 1 aliphatic rings. The Morgan fingerprint density at radius 2 is 1.88 bits per heavy atom. The van der Waals surface area contributed by atoms with E-state index in [1.165, 1.54) is 18.5 Å². The zero-order chi connectivity index (χ0) is 23.8. The lowest BCUT2D eigenvalue weighted by Crippen LogP contribution is -2.14. The lowest BCUT2D eigenvalue weighted by atomic mass is 9.92. The van der Waals surface area contributed by atoms with Gasteiger partial charge in [0.2, 0.25) is 0 Å². The van der Waals surface area contributed by atoms with Gasteiger partial charge < -0.3 is 14.2 Å². The van der Waals surface area contributed by atoms with Crippen molar-refractivity contribution >= 4 is 11.6 Å². The van der Waals surface area contributed by atoms with Gasteiger partial charge in [-0.2, -0.15) is 0 Å². The predicted molar refractivity (Wildman–Crippen MR) is 133 cm³/mol. The summed E-state index contributed by atoms with van der Waals surface area (Å²) >= 11 is 0. The molecule has 5 nitrogen and oxygen atoms in total. The zero-order valence-corrected chi connectivity index (χ0v) is 19.9. The molecule has 1 atom stereocenters. The van der Waals surface area contributed by atoms with Crippen molar-refractivity contribution < 1.29 is 14.6 Å². The second-order valence-electron chi connectivity index (χ2n) is 9.59. The van der Waals surface area contributed by atoms with Gasteiger partial charge >= 0.3 is 5.97 Å². The third-order valence-electron chi connectivity index (χ3n) is 6.61. The van der Waals surface area contributed by atoms with Gasteiger partial charge in [0.25, 0.3) is 0 Å². The standard InChI is InChI=1S/C29H30N2O3/c1-18(2)27(22-12-14-24(25(15-22)29(32)33)20-7-5-4-6-8-20)34-17-23-13-9-19(3)28-30-26(16-31(23)28)21-10-11-21/h4-9,12-16,18,21,27H,10-11,17H2,1-3H3,(H,32,33). The largest absolute Gasteiger partial charge is 0.478 e. The molecule has 1 N–H and O–H groups in total. The number of nitrogens with zero attached hydrogens (tertiary/aromatic N) is 2. The number of carboxylic acids is 1. The fraction of sp³-hybridized carbons (Fsp3) is 0.310. The maximum absolute atomic E-state index is 12.1. The predicted octanol–water partition coefficient (Wildman–Crippen LogP) is 6.80. The molecular formula is C29H30N2O3. The van der Waals surface area contributed by atoms with Gasteiger partial charge in [-0.15, -0.1) is 0 Å². The molecule has 34 heavy (non-hydrogen) atoms. The Morgan fingerprint density at radius 3 is 2.56 bits per heavy atom. The number of rotatable bonds is 8. The van der Waals surface area contributed by atoms with Gasteiger partial charge in [0, 0.05) is 17.8 Å². The molecule has 1 saturated carbocycles. The van der Waals surface area contributed by atoms with Crippen LogP contribution in [0.4, 0.5) is 0 Å². The topological polar surface area (TPSA) is 63.8 Å². The van der Waals surface area contributed by atoms with E-state index in [9.17, 15) is 9.90 Å². The number of fused-ring (bicyclic) bond motifs is 1. The first kappa shape index (κ1) is 22.4. The average Bonchev–Trinajstić information content (AvgIpc) is 3.58. The van der Waals surface area contributed by atoms with E-state index in [1.807, 2.05) is 42.5 Å². The fourth-order valence-electron chi connectivity index (χ4n) is 4.60. The van der Waals surface area contributed by atoms with Crippen LogP contribution < -0.4 is 0 Å². The van der Waals surface area contributed by atoms with E-state index in [0.717, 1.165) is 28.0 Å². The normalized spacial score (nSPS) is 14.6. The number of hydrogen-bond donors (Lipinski definition) is 1. The Balaban J connectivity index is 1.44. The third-order valence-corrected chi connectivity index (χ3v) is 6.61. The van der Waals surface area contributed by atoms with Crippen molar-refractivity contribution in [1.82, 2.24) is 9.38 Å². The summed E-state index contributed by atoms with van der Waals surface area (Å²) in [5.41, 5.74) is 7.12. The molecule has 0 spiro atoms. The summed E-state index contributed by atoms with van der Waals surface area (Å²) in [7, 11) is 0. The molecule has 5 heteroatoms. The summed E-state index contributed by atoms with van der Waals surface area (Å²) in [5, 5.41) is 9.93. The van der Waals surface area contributed by atoms with E-state index in [2.05, 4.69) is 43.5 Å². The van der Waals surface area contributed by atoms with Crippen molar-refractivity contribution in [2.24, 2.45) is 5.92 Å². The van der Waals surface area contributed by atoms with Crippen LogP contribution >= 0.6 is 0 Å². The highest BCUT2D eigenvalue weighted by Crippen LogP contribution is 2.40. The monoisotopic (exact) mass is 454 g/mol. The van der Waals surface area contributed by atoms with Gasteiger partial charge in [0.15, 0.2) is 0 Å². The molecule has 174 valence electrons. The first-order valence-corrected chi connectivity index (χ1v) is 11.9. The van der Waals surface area contributed by atoms with Crippen LogP contribution in [0.15, 0.2) is 66.9 Å². The van der Waals surface area contributed by atoms with Crippen molar-refractivity contribution in [1.29, 1.82) is 0 Å². The van der Waals surface area contributed by atoms with E-state index in [0.29, 0.717) is 23.7 Å². The highest BCUT2D eigenvalue weighted by atomic mass is 16.5. The van der Waals surface area contributed by atoms with Crippen molar-refractivity contribution in [2.75, 3.05) is 0 Å². The lowest BCUT2D eigenvalue weighted by molar-refractivity contribution is 0.00691. The number of carbonyl (C=O) groups is 1. The van der Waals surface area contributed by atoms with Crippen LogP contribution in [0.3, 0.4) is 0 Å². The number of imidazole rings is 1. The van der Waals surface area contributed by atoms with Gasteiger partial charge in [-0.1, -0.05) is 62.4 Å². The summed E-state index contributed by atoms with van der Waals surface area (Å²) in [6.07, 6.45) is 4.36. The molecular weight excluding hydrogens is 424 g/mol. The highest BCUT2D eigenvalue weighted by molar-refractivity contribution is 5.96. The number of carboxylic acid groups (broad SMARTS) is 1. The average molecular weight is 455 g/mol. The van der Waals surface area contributed by atoms with Gasteiger partial charge in [0.05, 0.1) is 24.0 Å². The molecule has 0 saturated heterocycles. The molecule has 1 fully saturated rings. The molecule has 0 amide bonds. The van der Waals surface area contributed by atoms with Crippen LogP contribution in [-0.2, 0) is 11.3 Å². The number of aromatic nitrogens is 2. The van der Waals surface area contributed by atoms with E-state index >= 15 is 0 Å². The van der Waals surface area contributed by atoms with Gasteiger partial charge in [-0.3, -0.25) is 0 Å². The fourth-order valence-corrected chi connectivity index (χ4v) is 4.60. The quantitative estimate of drug-likeness (QED) is 0.318. The van der Waals surface area contributed by atoms with Crippen molar-refractivity contribution in [3.63, 3.8) is 0 Å². The molecule has 0 aliphatic heterocycles. The number of ether oxygens (including phenoxy) is 1. The Hall–Kier alpha value is -3.44. The van der Waals surface area contributed by atoms with E-state index in [-0.39, 0.29) is 12.0 Å². The smallest absolute Gasteiger partial charge is 0.336 e. The van der Waals surface area contributed by atoms with Crippen LogP contribution in [0.25, 0.3) is 16.8 Å². The van der Waals surface area contributed by atoms with Gasteiger partial charge in [-0.25, -0.2) is 9.78 Å². The van der Waals surface area contributed by atoms with Crippen LogP contribution in [0.5, 0.6) is 0 Å². The Morgan fingerprint density at radius 1 is 1.12 bits per heavy atom. The minimum Gasteiger partial charge on any atom is -0.478 e. The first-order valence-electron chi connectivity index (χ1n) is 11.9. The van der Waals surface area contributed by atoms with Crippen LogP contribution in [0.2, 0.25) is 0 Å². The van der Waals surface area contributed by atoms with Crippen molar-refractivity contribution in [3.05, 3.63) is 94.9 Å². The zero-order valence-electron chi connectivity index (χ0n) is 19.9. The maximum Gasteiger partial charge on any atom is 0.336 e. The summed E-state index contributed by atoms with van der Waals surface area (Å²) in [5.74, 6) is -0.168. The molecule has 0 radical (unpaired) electrons. The summed E-state index contributed by atoms with van der Waals surface area (Å²) in [4.78, 5) is 17.0.